The van der Waals surface area contributed by atoms with E-state index in [4.69, 9.17) is 10.8 Å². The van der Waals surface area contributed by atoms with Crippen molar-refractivity contribution in [2.45, 2.75) is 6.54 Å². The Kier molecular flexibility index (Phi) is 2.09. The van der Waals surface area contributed by atoms with Crippen LogP contribution in [0, 0.1) is 0 Å². The highest BCUT2D eigenvalue weighted by atomic mass is 16.3. The maximum absolute atomic E-state index is 10.4. The number of aldehydes is 1. The molecule has 0 bridgehead atoms. The number of nitrogens with zero attached hydrogens (tertiary/aromatic N) is 2. The van der Waals surface area contributed by atoms with Crippen LogP contribution in [0.3, 0.4) is 0 Å². The summed E-state index contributed by atoms with van der Waals surface area (Å²) < 4.78 is 1.10. The van der Waals surface area contributed by atoms with Gasteiger partial charge in [0.15, 0.2) is 17.7 Å². The second-order valence-corrected chi connectivity index (χ2v) is 2.18. The monoisotopic (exact) mass is 169 g/mol. The first kappa shape index (κ1) is 8.25. The van der Waals surface area contributed by atoms with Gasteiger partial charge in [-0.1, -0.05) is 0 Å². The molecule has 0 atom stereocenters. The number of hydrogen-bond acceptors (Lipinski definition) is 4. The summed E-state index contributed by atoms with van der Waals surface area (Å²) in [6.07, 6.45) is 1.56. The fourth-order valence-electron chi connectivity index (χ4n) is 0.750. The van der Waals surface area contributed by atoms with E-state index in [1.165, 1.54) is 0 Å². The van der Waals surface area contributed by atoms with Gasteiger partial charge in [-0.05, 0) is 0 Å². The van der Waals surface area contributed by atoms with Gasteiger partial charge in [0, 0.05) is 0 Å². The molecule has 0 saturated heterocycles. The second kappa shape index (κ2) is 3.04. The van der Waals surface area contributed by atoms with Gasteiger partial charge in [0.05, 0.1) is 6.20 Å². The molecule has 0 aliphatic rings. The molecule has 3 N–H and O–H groups in total. The van der Waals surface area contributed by atoms with E-state index in [1.54, 1.807) is 0 Å². The number of amides is 1. The fourth-order valence-corrected chi connectivity index (χ4v) is 0.750. The molecule has 12 heavy (non-hydrogen) atoms. The highest BCUT2D eigenvalue weighted by Gasteiger charge is 2.06. The predicted octanol–water partition coefficient (Wildman–Crippen LogP) is -1.11. The second-order valence-electron chi connectivity index (χ2n) is 2.18. The number of hydrogen-bond donors (Lipinski definition) is 2. The molecule has 0 saturated carbocycles. The third-order valence-electron chi connectivity index (χ3n) is 1.20. The molecular weight excluding hydrogens is 162 g/mol. The van der Waals surface area contributed by atoms with Gasteiger partial charge < -0.3 is 10.8 Å². The lowest BCUT2D eigenvalue weighted by atomic mass is 10.4. The summed E-state index contributed by atoms with van der Waals surface area (Å²) in [4.78, 5) is 20.5. The largest absolute Gasteiger partial charge is 0.504 e. The molecule has 64 valence electrons. The maximum atomic E-state index is 10.4. The number of carbonyl (C=O) groups is 2. The predicted molar refractivity (Wildman–Crippen MR) is 38.5 cm³/mol. The highest BCUT2D eigenvalue weighted by molar-refractivity contribution is 5.76. The van der Waals surface area contributed by atoms with E-state index in [2.05, 4.69) is 5.10 Å². The van der Waals surface area contributed by atoms with Gasteiger partial charge in [-0.2, -0.15) is 5.10 Å². The fraction of sp³-hybridized carbons (Fsp3) is 0.167. The molecule has 0 fully saturated rings. The lowest BCUT2D eigenvalue weighted by Gasteiger charge is -1.92. The van der Waals surface area contributed by atoms with Gasteiger partial charge in [-0.25, -0.2) is 0 Å². The number of rotatable bonds is 3. The van der Waals surface area contributed by atoms with Gasteiger partial charge in [-0.3, -0.25) is 14.3 Å². The van der Waals surface area contributed by atoms with Crippen molar-refractivity contribution < 1.29 is 14.7 Å². The van der Waals surface area contributed by atoms with Crippen molar-refractivity contribution in [2.24, 2.45) is 5.73 Å². The summed E-state index contributed by atoms with van der Waals surface area (Å²) in [5, 5.41) is 12.5. The van der Waals surface area contributed by atoms with Gasteiger partial charge in [0.2, 0.25) is 5.91 Å². The van der Waals surface area contributed by atoms with Crippen LogP contribution in [0.25, 0.3) is 0 Å². The summed E-state index contributed by atoms with van der Waals surface area (Å²) in [6.45, 7) is -0.151. The zero-order chi connectivity index (χ0) is 9.14. The van der Waals surface area contributed by atoms with Crippen LogP contribution in [0.15, 0.2) is 6.20 Å². The molecule has 1 aromatic rings. The Balaban J connectivity index is 2.89. The average Bonchev–Trinajstić information content (AvgIpc) is 2.29. The minimum Gasteiger partial charge on any atom is -0.504 e. The summed E-state index contributed by atoms with van der Waals surface area (Å²) in [5.41, 5.74) is 4.75. The van der Waals surface area contributed by atoms with E-state index in [0.717, 1.165) is 10.9 Å². The Labute approximate surface area is 67.6 Å². The van der Waals surface area contributed by atoms with Crippen molar-refractivity contribution in [3.63, 3.8) is 0 Å². The zero-order valence-corrected chi connectivity index (χ0v) is 6.10. The lowest BCUT2D eigenvalue weighted by Crippen LogP contribution is -2.18. The Hall–Kier alpha value is -1.85. The number of carbonyl (C=O) groups excluding carboxylic acids is 2. The van der Waals surface area contributed by atoms with Crippen LogP contribution in [0.4, 0.5) is 0 Å². The van der Waals surface area contributed by atoms with E-state index in [9.17, 15) is 9.59 Å². The number of aromatic hydroxyl groups is 1. The molecule has 0 radical (unpaired) electrons. The first-order valence-corrected chi connectivity index (χ1v) is 3.13. The van der Waals surface area contributed by atoms with Crippen LogP contribution in [-0.2, 0) is 11.3 Å². The van der Waals surface area contributed by atoms with Gasteiger partial charge in [0.1, 0.15) is 6.54 Å². The molecule has 1 aromatic heterocycles. The van der Waals surface area contributed by atoms with Crippen LogP contribution in [0.1, 0.15) is 10.5 Å². The van der Waals surface area contributed by atoms with Crippen molar-refractivity contribution in [3.8, 4) is 5.75 Å². The molecular formula is C6H7N3O3. The van der Waals surface area contributed by atoms with Gasteiger partial charge in [-0.15, -0.1) is 0 Å². The molecule has 0 aliphatic heterocycles. The van der Waals surface area contributed by atoms with E-state index in [1.807, 2.05) is 0 Å². The number of aromatic nitrogens is 2. The van der Waals surface area contributed by atoms with Crippen molar-refractivity contribution in [1.29, 1.82) is 0 Å². The number of primary amides is 1. The van der Waals surface area contributed by atoms with Crippen molar-refractivity contribution in [2.75, 3.05) is 0 Å². The maximum Gasteiger partial charge on any atom is 0.239 e. The number of nitrogens with two attached hydrogens (primary N) is 1. The minimum absolute atomic E-state index is 0.101. The van der Waals surface area contributed by atoms with Crippen molar-refractivity contribution >= 4 is 12.2 Å². The first-order chi connectivity index (χ1) is 5.63. The van der Waals surface area contributed by atoms with Crippen LogP contribution >= 0.6 is 0 Å². The smallest absolute Gasteiger partial charge is 0.239 e. The van der Waals surface area contributed by atoms with Gasteiger partial charge >= 0.3 is 0 Å². The quantitative estimate of drug-likeness (QED) is 0.560. The minimum atomic E-state index is -0.588. The Morgan fingerprint density at radius 2 is 2.50 bits per heavy atom. The molecule has 0 unspecified atom stereocenters. The Morgan fingerprint density at radius 1 is 1.83 bits per heavy atom. The van der Waals surface area contributed by atoms with Crippen molar-refractivity contribution in [3.05, 3.63) is 11.9 Å². The van der Waals surface area contributed by atoms with E-state index in [-0.39, 0.29) is 18.0 Å². The summed E-state index contributed by atoms with van der Waals surface area (Å²) >= 11 is 0. The SMILES string of the molecule is NC(=O)Cn1cc(O)c(C=O)n1. The third kappa shape index (κ3) is 1.60. The molecule has 6 nitrogen and oxygen atoms in total. The van der Waals surface area contributed by atoms with Gasteiger partial charge in [0.25, 0.3) is 0 Å². The highest BCUT2D eigenvalue weighted by Crippen LogP contribution is 2.11. The first-order valence-electron chi connectivity index (χ1n) is 3.13. The van der Waals surface area contributed by atoms with Crippen molar-refractivity contribution in [1.82, 2.24) is 9.78 Å². The zero-order valence-electron chi connectivity index (χ0n) is 6.10. The van der Waals surface area contributed by atoms with Crippen LogP contribution in [-0.4, -0.2) is 27.1 Å². The average molecular weight is 169 g/mol. The molecule has 1 amide bonds. The summed E-state index contributed by atoms with van der Waals surface area (Å²) in [6, 6.07) is 0. The molecule has 0 spiro atoms. The summed E-state index contributed by atoms with van der Waals surface area (Å²) in [5.74, 6) is -0.846. The van der Waals surface area contributed by atoms with Crippen LogP contribution in [0.5, 0.6) is 5.75 Å². The van der Waals surface area contributed by atoms with E-state index >= 15 is 0 Å². The third-order valence-corrected chi connectivity index (χ3v) is 1.20. The topological polar surface area (TPSA) is 98.2 Å². The standard InChI is InChI=1S/C6H7N3O3/c7-6(12)2-9-1-5(11)4(3-10)8-9/h1,3,11H,2H2,(H2,7,12). The molecule has 1 heterocycles. The lowest BCUT2D eigenvalue weighted by molar-refractivity contribution is -0.118. The van der Waals surface area contributed by atoms with E-state index < -0.39 is 5.91 Å². The van der Waals surface area contributed by atoms with Crippen LogP contribution < -0.4 is 5.73 Å². The summed E-state index contributed by atoms with van der Waals surface area (Å²) in [7, 11) is 0. The Bertz CT molecular complexity index is 318. The Morgan fingerprint density at radius 3 is 2.92 bits per heavy atom. The van der Waals surface area contributed by atoms with Crippen LogP contribution in [0.2, 0.25) is 0 Å². The molecule has 1 rings (SSSR count). The van der Waals surface area contributed by atoms with E-state index in [0.29, 0.717) is 6.29 Å². The molecule has 0 aromatic carbocycles. The molecule has 6 heteroatoms. The normalized spacial score (nSPS) is 9.67. The molecule has 0 aliphatic carbocycles.